The van der Waals surface area contributed by atoms with Crippen LogP contribution in [-0.2, 0) is 14.4 Å². The van der Waals surface area contributed by atoms with Crippen molar-refractivity contribution in [2.24, 2.45) is 0 Å². The Kier molecular flexibility index (Phi) is 21.3. The third-order valence-corrected chi connectivity index (χ3v) is 2.27. The van der Waals surface area contributed by atoms with Gasteiger partial charge < -0.3 is 39.9 Å². The maximum Gasteiger partial charge on any atom is 1.00 e. The molecule has 0 aliphatic rings. The Morgan fingerprint density at radius 3 is 1.40 bits per heavy atom. The van der Waals surface area contributed by atoms with Gasteiger partial charge in [0.25, 0.3) is 0 Å². The van der Waals surface area contributed by atoms with Crippen molar-refractivity contribution < 1.29 is 133 Å². The van der Waals surface area contributed by atoms with E-state index in [0.29, 0.717) is 5.56 Å². The number of aliphatic hydroxyl groups is 1. The van der Waals surface area contributed by atoms with E-state index in [1.807, 2.05) is 0 Å². The molecule has 0 saturated heterocycles. The van der Waals surface area contributed by atoms with Crippen molar-refractivity contribution in [2.75, 3.05) is 0 Å². The van der Waals surface area contributed by atoms with Gasteiger partial charge >= 0.3 is 94.6 Å². The summed E-state index contributed by atoms with van der Waals surface area (Å²) in [5.74, 6) is -6.86. The summed E-state index contributed by atoms with van der Waals surface area (Å²) < 4.78 is 0. The Labute approximate surface area is 209 Å². The van der Waals surface area contributed by atoms with E-state index in [-0.39, 0.29) is 88.7 Å². The average molecular weight is 380 g/mol. The molecule has 0 heterocycles. The molecule has 1 aromatic rings. The molecule has 0 saturated carbocycles. The van der Waals surface area contributed by atoms with Crippen LogP contribution in [0.1, 0.15) is 23.2 Å². The van der Waals surface area contributed by atoms with Crippen molar-refractivity contribution in [3.63, 3.8) is 0 Å². The number of aromatic carboxylic acids is 1. The molecular formula is C13H11Na3O9. The van der Waals surface area contributed by atoms with Crippen LogP contribution in [0.2, 0.25) is 0 Å². The van der Waals surface area contributed by atoms with Crippen molar-refractivity contribution in [3.8, 4) is 0 Å². The number of benzene rings is 1. The van der Waals surface area contributed by atoms with E-state index in [1.54, 1.807) is 30.3 Å². The van der Waals surface area contributed by atoms with E-state index >= 15 is 0 Å². The predicted molar refractivity (Wildman–Crippen MR) is 62.6 cm³/mol. The molecule has 0 fully saturated rings. The maximum atomic E-state index is 10.2. The molecule has 1 aromatic carbocycles. The molecular weight excluding hydrogens is 369 g/mol. The largest absolute Gasteiger partial charge is 1.00 e. The van der Waals surface area contributed by atoms with E-state index in [1.165, 1.54) is 0 Å². The van der Waals surface area contributed by atoms with Gasteiger partial charge in [-0.15, -0.1) is 0 Å². The van der Waals surface area contributed by atoms with Crippen molar-refractivity contribution in [1.29, 1.82) is 0 Å². The summed E-state index contributed by atoms with van der Waals surface area (Å²) in [4.78, 5) is 40.2. The fraction of sp³-hybridized carbons (Fsp3) is 0.231. The molecule has 0 atom stereocenters. The van der Waals surface area contributed by atoms with Crippen LogP contribution >= 0.6 is 0 Å². The third-order valence-electron chi connectivity index (χ3n) is 2.27. The second kappa shape index (κ2) is 16.2. The van der Waals surface area contributed by atoms with Crippen molar-refractivity contribution in [2.45, 2.75) is 18.4 Å². The molecule has 0 aliphatic heterocycles. The predicted octanol–water partition coefficient (Wildman–Crippen LogP) is -12.9. The maximum absolute atomic E-state index is 10.2. The summed E-state index contributed by atoms with van der Waals surface area (Å²) in [5, 5.41) is 47.3. The van der Waals surface area contributed by atoms with E-state index in [4.69, 9.17) is 10.2 Å². The van der Waals surface area contributed by atoms with Crippen molar-refractivity contribution in [3.05, 3.63) is 35.9 Å². The Balaban J connectivity index is -0.000000164. The van der Waals surface area contributed by atoms with Crippen LogP contribution in [-0.4, -0.2) is 39.7 Å². The van der Waals surface area contributed by atoms with Crippen LogP contribution in [0.3, 0.4) is 0 Å². The first-order chi connectivity index (χ1) is 10.1. The molecule has 0 bridgehead atoms. The zero-order valence-electron chi connectivity index (χ0n) is 14.1. The quantitative estimate of drug-likeness (QED) is 0.453. The number of carboxylic acid groups (broad SMARTS) is 4. The Morgan fingerprint density at radius 1 is 0.840 bits per heavy atom. The third kappa shape index (κ3) is 14.9. The van der Waals surface area contributed by atoms with Gasteiger partial charge in [-0.25, -0.2) is 4.79 Å². The van der Waals surface area contributed by atoms with E-state index in [2.05, 4.69) is 0 Å². The van der Waals surface area contributed by atoms with Gasteiger partial charge in [0.05, 0.1) is 11.5 Å². The van der Waals surface area contributed by atoms with Gasteiger partial charge in [-0.1, -0.05) is 18.2 Å². The van der Waals surface area contributed by atoms with Gasteiger partial charge in [0.2, 0.25) is 0 Å². The summed E-state index contributed by atoms with van der Waals surface area (Å²) in [7, 11) is 0. The molecule has 25 heavy (non-hydrogen) atoms. The van der Waals surface area contributed by atoms with Gasteiger partial charge in [-0.3, -0.25) is 0 Å². The Morgan fingerprint density at radius 2 is 1.20 bits per heavy atom. The first-order valence-electron chi connectivity index (χ1n) is 5.70. The van der Waals surface area contributed by atoms with Gasteiger partial charge in [0.1, 0.15) is 5.60 Å². The van der Waals surface area contributed by atoms with Crippen LogP contribution in [0.5, 0.6) is 0 Å². The van der Waals surface area contributed by atoms with Gasteiger partial charge in [-0.2, -0.15) is 0 Å². The van der Waals surface area contributed by atoms with Gasteiger partial charge in [0, 0.05) is 24.8 Å². The summed E-state index contributed by atoms with van der Waals surface area (Å²) in [6.45, 7) is 0. The minimum atomic E-state index is -2.97. The number of hydrogen-bond acceptors (Lipinski definition) is 8. The molecule has 9 nitrogen and oxygen atoms in total. The molecule has 0 unspecified atom stereocenters. The summed E-state index contributed by atoms with van der Waals surface area (Å²) in [6, 6.07) is 8.30. The number of carboxylic acids is 4. The standard InChI is InChI=1S/C7H6O2.C6H8O7.3Na/c8-7(9)6-4-2-1-3-5-6;7-3(8)1-6(13,5(11)12)2-4(9)10;;;/h1-5H,(H,8,9);13H,1-2H2,(H,7,8)(H,9,10)(H,11,12);;;/q;;3*+1/p-3. The van der Waals surface area contributed by atoms with Gasteiger partial charge in [-0.05, 0) is 12.1 Å². The molecule has 1 rings (SSSR count). The molecule has 0 aromatic heterocycles. The zero-order chi connectivity index (χ0) is 17.3. The summed E-state index contributed by atoms with van der Waals surface area (Å²) in [6.07, 6.45) is -2.72. The van der Waals surface area contributed by atoms with Crippen LogP contribution in [0.15, 0.2) is 30.3 Å². The second-order valence-electron chi connectivity index (χ2n) is 4.09. The Bertz CT molecular complexity index is 547. The minimum Gasteiger partial charge on any atom is -0.550 e. The van der Waals surface area contributed by atoms with Crippen LogP contribution in [0.4, 0.5) is 0 Å². The van der Waals surface area contributed by atoms with Crippen LogP contribution in [0.25, 0.3) is 0 Å². The smallest absolute Gasteiger partial charge is 0.550 e. The normalized spacial score (nSPS) is 8.84. The topological polar surface area (TPSA) is 178 Å². The molecule has 0 aliphatic carbocycles. The first kappa shape index (κ1) is 32.7. The molecule has 12 heteroatoms. The average Bonchev–Trinajstić information content (AvgIpc) is 2.38. The molecule has 0 spiro atoms. The van der Waals surface area contributed by atoms with Crippen molar-refractivity contribution in [1.82, 2.24) is 0 Å². The van der Waals surface area contributed by atoms with E-state index in [0.717, 1.165) is 0 Å². The number of carbonyl (C=O) groups is 4. The van der Waals surface area contributed by atoms with E-state index < -0.39 is 42.3 Å². The monoisotopic (exact) mass is 380 g/mol. The number of rotatable bonds is 6. The van der Waals surface area contributed by atoms with Crippen LogP contribution in [0, 0.1) is 0 Å². The van der Waals surface area contributed by atoms with Crippen LogP contribution < -0.4 is 104 Å². The molecule has 0 radical (unpaired) electrons. The van der Waals surface area contributed by atoms with E-state index in [9.17, 15) is 34.5 Å². The summed E-state index contributed by atoms with van der Waals surface area (Å²) >= 11 is 0. The molecule has 120 valence electrons. The first-order valence-corrected chi connectivity index (χ1v) is 5.70. The van der Waals surface area contributed by atoms with Crippen molar-refractivity contribution >= 4 is 23.9 Å². The second-order valence-corrected chi connectivity index (χ2v) is 4.09. The Hall–Kier alpha value is 0.0600. The van der Waals surface area contributed by atoms with Gasteiger partial charge in [0.15, 0.2) is 0 Å². The fourth-order valence-corrected chi connectivity index (χ4v) is 1.27. The zero-order valence-corrected chi connectivity index (χ0v) is 20.1. The molecule has 2 N–H and O–H groups in total. The SMILES string of the molecule is O=C(O)c1ccccc1.O=C([O-])CC(O)(CC(=O)[O-])C(=O)[O-].[Na+].[Na+].[Na+]. The number of aliphatic carboxylic acids is 3. The molecule has 0 amide bonds. The fourth-order valence-electron chi connectivity index (χ4n) is 1.27. The minimum absolute atomic E-state index is 0. The summed E-state index contributed by atoms with van der Waals surface area (Å²) in [5.41, 5.74) is -2.64. The number of hydrogen-bond donors (Lipinski definition) is 2. The number of carbonyl (C=O) groups excluding carboxylic acids is 3.